The molecule has 0 atom stereocenters. The maximum atomic E-state index is 12.7. The molecule has 3 rings (SSSR count). The van der Waals surface area contributed by atoms with Crippen molar-refractivity contribution in [2.24, 2.45) is 0 Å². The zero-order chi connectivity index (χ0) is 28.4. The lowest BCUT2D eigenvalue weighted by Crippen LogP contribution is -2.21. The second-order valence-corrected chi connectivity index (χ2v) is 8.49. The number of hydrogen-bond acceptors (Lipinski definition) is 7. The molecule has 0 bridgehead atoms. The van der Waals surface area contributed by atoms with Gasteiger partial charge in [-0.25, -0.2) is 4.79 Å². The molecular weight excluding hydrogens is 498 g/mol. The lowest BCUT2D eigenvalue weighted by atomic mass is 10.1. The molecule has 200 valence electrons. The van der Waals surface area contributed by atoms with Crippen molar-refractivity contribution < 1.29 is 28.6 Å². The molecule has 0 fully saturated rings. The van der Waals surface area contributed by atoms with Crippen molar-refractivity contribution in [2.75, 3.05) is 31.0 Å². The SMILES string of the molecule is CCOc1cc(/C=C(/C#N)C(=O)Nc2ccc(C(=O)OC)cc2)ccc1OCC(=O)Nc1cc(C)ccc1C. The van der Waals surface area contributed by atoms with Crippen molar-refractivity contribution in [3.63, 3.8) is 0 Å². The molecule has 9 nitrogen and oxygen atoms in total. The van der Waals surface area contributed by atoms with E-state index in [0.717, 1.165) is 16.8 Å². The number of rotatable bonds is 10. The topological polar surface area (TPSA) is 127 Å². The molecule has 2 amide bonds. The fraction of sp³-hybridized carbons (Fsp3) is 0.200. The zero-order valence-corrected chi connectivity index (χ0v) is 22.2. The number of methoxy groups -OCH3 is 1. The van der Waals surface area contributed by atoms with Crippen molar-refractivity contribution in [3.05, 3.63) is 88.5 Å². The van der Waals surface area contributed by atoms with Gasteiger partial charge in [0.05, 0.1) is 19.3 Å². The van der Waals surface area contributed by atoms with Gasteiger partial charge in [0.2, 0.25) is 0 Å². The van der Waals surface area contributed by atoms with Gasteiger partial charge in [-0.05, 0) is 86.0 Å². The van der Waals surface area contributed by atoms with Crippen LogP contribution in [0.4, 0.5) is 11.4 Å². The van der Waals surface area contributed by atoms with E-state index < -0.39 is 11.9 Å². The predicted molar refractivity (Wildman–Crippen MR) is 148 cm³/mol. The Morgan fingerprint density at radius 1 is 0.923 bits per heavy atom. The summed E-state index contributed by atoms with van der Waals surface area (Å²) in [7, 11) is 1.28. The molecule has 0 spiro atoms. The van der Waals surface area contributed by atoms with Crippen molar-refractivity contribution >= 4 is 35.2 Å². The number of aryl methyl sites for hydroxylation is 2. The van der Waals surface area contributed by atoms with Crippen LogP contribution in [0.5, 0.6) is 11.5 Å². The van der Waals surface area contributed by atoms with E-state index >= 15 is 0 Å². The average molecular weight is 528 g/mol. The first-order valence-corrected chi connectivity index (χ1v) is 12.1. The summed E-state index contributed by atoms with van der Waals surface area (Å²) in [5.74, 6) is -0.728. The molecule has 0 aliphatic heterocycles. The monoisotopic (exact) mass is 527 g/mol. The third kappa shape index (κ3) is 7.94. The Morgan fingerprint density at radius 2 is 1.67 bits per heavy atom. The molecular formula is C30H29N3O6. The van der Waals surface area contributed by atoms with Crippen LogP contribution in [0.3, 0.4) is 0 Å². The summed E-state index contributed by atoms with van der Waals surface area (Å²) in [5.41, 5.74) is 3.81. The van der Waals surface area contributed by atoms with Gasteiger partial charge in [0.25, 0.3) is 11.8 Å². The highest BCUT2D eigenvalue weighted by Crippen LogP contribution is 2.30. The molecule has 0 radical (unpaired) electrons. The van der Waals surface area contributed by atoms with E-state index in [2.05, 4.69) is 15.4 Å². The third-order valence-corrected chi connectivity index (χ3v) is 5.53. The number of nitrogens with zero attached hydrogens (tertiary/aromatic N) is 1. The maximum absolute atomic E-state index is 12.7. The Balaban J connectivity index is 1.70. The van der Waals surface area contributed by atoms with Gasteiger partial charge in [0.15, 0.2) is 18.1 Å². The normalized spacial score (nSPS) is 10.7. The van der Waals surface area contributed by atoms with Crippen LogP contribution in [0.25, 0.3) is 6.08 Å². The molecule has 0 aromatic heterocycles. The van der Waals surface area contributed by atoms with E-state index in [9.17, 15) is 19.6 Å². The van der Waals surface area contributed by atoms with E-state index in [0.29, 0.717) is 34.9 Å². The molecule has 0 aliphatic carbocycles. The number of anilines is 2. The molecule has 2 N–H and O–H groups in total. The molecule has 39 heavy (non-hydrogen) atoms. The first kappa shape index (κ1) is 28.5. The van der Waals surface area contributed by atoms with Crippen molar-refractivity contribution in [1.29, 1.82) is 5.26 Å². The zero-order valence-electron chi connectivity index (χ0n) is 22.2. The molecule has 0 saturated carbocycles. The summed E-state index contributed by atoms with van der Waals surface area (Å²) in [6, 6.07) is 18.7. The minimum absolute atomic E-state index is 0.143. The molecule has 0 unspecified atom stereocenters. The smallest absolute Gasteiger partial charge is 0.337 e. The standard InChI is InChI=1S/C30H29N3O6/c1-5-38-27-16-21(8-13-26(27)39-18-28(34)33-25-14-19(2)6-7-20(25)3)15-23(17-31)29(35)32-24-11-9-22(10-12-24)30(36)37-4/h6-16H,5,18H2,1-4H3,(H,32,35)(H,33,34)/b23-15-. The summed E-state index contributed by atoms with van der Waals surface area (Å²) < 4.78 is 16.0. The Labute approximate surface area is 227 Å². The quantitative estimate of drug-likeness (QED) is 0.215. The van der Waals surface area contributed by atoms with Gasteiger partial charge in [-0.1, -0.05) is 18.2 Å². The second-order valence-electron chi connectivity index (χ2n) is 8.49. The maximum Gasteiger partial charge on any atom is 0.337 e. The van der Waals surface area contributed by atoms with Gasteiger partial charge < -0.3 is 24.8 Å². The van der Waals surface area contributed by atoms with E-state index in [-0.39, 0.29) is 18.1 Å². The second kappa shape index (κ2) is 13.4. The highest BCUT2D eigenvalue weighted by Gasteiger charge is 2.14. The summed E-state index contributed by atoms with van der Waals surface area (Å²) in [5, 5.41) is 15.0. The number of esters is 1. The summed E-state index contributed by atoms with van der Waals surface area (Å²) >= 11 is 0. The number of ether oxygens (including phenoxy) is 3. The Bertz CT molecular complexity index is 1440. The predicted octanol–water partition coefficient (Wildman–Crippen LogP) is 5.05. The molecule has 9 heteroatoms. The lowest BCUT2D eigenvalue weighted by molar-refractivity contribution is -0.118. The van der Waals surface area contributed by atoms with Crippen LogP contribution in [-0.4, -0.2) is 38.1 Å². The minimum atomic E-state index is -0.621. The van der Waals surface area contributed by atoms with Gasteiger partial charge in [0, 0.05) is 11.4 Å². The molecule has 0 aliphatic rings. The van der Waals surface area contributed by atoms with E-state index in [1.807, 2.05) is 38.1 Å². The molecule has 3 aromatic carbocycles. The fourth-order valence-electron chi connectivity index (χ4n) is 3.52. The van der Waals surface area contributed by atoms with E-state index in [4.69, 9.17) is 9.47 Å². The van der Waals surface area contributed by atoms with Crippen LogP contribution >= 0.6 is 0 Å². The van der Waals surface area contributed by atoms with Gasteiger partial charge in [-0.2, -0.15) is 5.26 Å². The van der Waals surface area contributed by atoms with Crippen molar-refractivity contribution in [2.45, 2.75) is 20.8 Å². The van der Waals surface area contributed by atoms with Gasteiger partial charge in [-0.15, -0.1) is 0 Å². The number of nitriles is 1. The van der Waals surface area contributed by atoms with Crippen LogP contribution in [0.15, 0.2) is 66.2 Å². The van der Waals surface area contributed by atoms with Crippen LogP contribution in [-0.2, 0) is 14.3 Å². The summed E-state index contributed by atoms with van der Waals surface area (Å²) in [4.78, 5) is 36.7. The largest absolute Gasteiger partial charge is 0.490 e. The van der Waals surface area contributed by atoms with Gasteiger partial charge >= 0.3 is 5.97 Å². The number of benzene rings is 3. The summed E-state index contributed by atoms with van der Waals surface area (Å²) in [6.07, 6.45) is 1.41. The highest BCUT2D eigenvalue weighted by atomic mass is 16.5. The fourth-order valence-corrected chi connectivity index (χ4v) is 3.52. The number of amides is 2. The van der Waals surface area contributed by atoms with Crippen LogP contribution < -0.4 is 20.1 Å². The van der Waals surface area contributed by atoms with Gasteiger partial charge in [-0.3, -0.25) is 9.59 Å². The number of carbonyl (C=O) groups is 3. The third-order valence-electron chi connectivity index (χ3n) is 5.53. The first-order chi connectivity index (χ1) is 18.7. The van der Waals surface area contributed by atoms with Crippen molar-refractivity contribution in [1.82, 2.24) is 0 Å². The van der Waals surface area contributed by atoms with E-state index in [1.54, 1.807) is 25.1 Å². The lowest BCUT2D eigenvalue weighted by Gasteiger charge is -2.14. The average Bonchev–Trinajstić information content (AvgIpc) is 2.93. The summed E-state index contributed by atoms with van der Waals surface area (Å²) in [6.45, 7) is 5.76. The molecule has 0 saturated heterocycles. The molecule has 3 aromatic rings. The Kier molecular flexibility index (Phi) is 9.82. The Hall–Kier alpha value is -5.10. The number of nitrogens with one attached hydrogen (secondary N) is 2. The van der Waals surface area contributed by atoms with Gasteiger partial charge in [0.1, 0.15) is 11.6 Å². The van der Waals surface area contributed by atoms with Crippen molar-refractivity contribution in [3.8, 4) is 17.6 Å². The Morgan fingerprint density at radius 3 is 2.33 bits per heavy atom. The van der Waals surface area contributed by atoms with Crippen LogP contribution in [0.2, 0.25) is 0 Å². The van der Waals surface area contributed by atoms with Crippen LogP contribution in [0, 0.1) is 25.2 Å². The number of hydrogen-bond donors (Lipinski definition) is 2. The number of carbonyl (C=O) groups excluding carboxylic acids is 3. The van der Waals surface area contributed by atoms with Crippen LogP contribution in [0.1, 0.15) is 34.0 Å². The minimum Gasteiger partial charge on any atom is -0.490 e. The molecule has 0 heterocycles. The van der Waals surface area contributed by atoms with E-state index in [1.165, 1.54) is 37.5 Å². The first-order valence-electron chi connectivity index (χ1n) is 12.1. The highest BCUT2D eigenvalue weighted by molar-refractivity contribution is 6.09.